The van der Waals surface area contributed by atoms with Gasteiger partial charge in [0.05, 0.1) is 10.9 Å². The lowest BCUT2D eigenvalue weighted by Gasteiger charge is -2.32. The third-order valence-electron chi connectivity index (χ3n) is 4.41. The van der Waals surface area contributed by atoms with E-state index in [9.17, 15) is 23.1 Å². The lowest BCUT2D eigenvalue weighted by Crippen LogP contribution is -2.45. The van der Waals surface area contributed by atoms with Crippen LogP contribution in [0.2, 0.25) is 10.0 Å². The van der Waals surface area contributed by atoms with E-state index < -0.39 is 34.1 Å². The number of halogens is 2. The van der Waals surface area contributed by atoms with E-state index in [-0.39, 0.29) is 21.4 Å². The second-order valence-electron chi connectivity index (χ2n) is 6.56. The molecule has 1 heterocycles. The third kappa shape index (κ3) is 4.75. The minimum Gasteiger partial charge on any atom is -0.480 e. The summed E-state index contributed by atoms with van der Waals surface area (Å²) in [5, 5.41) is 15.2. The first-order chi connectivity index (χ1) is 13.6. The molecule has 1 aliphatic heterocycles. The summed E-state index contributed by atoms with van der Waals surface area (Å²) < 4.78 is 26.7. The van der Waals surface area contributed by atoms with E-state index in [2.05, 4.69) is 10.6 Å². The fourth-order valence-corrected chi connectivity index (χ4v) is 4.58. The lowest BCUT2D eigenvalue weighted by atomic mass is 9.93. The van der Waals surface area contributed by atoms with Crippen molar-refractivity contribution >= 4 is 50.9 Å². The summed E-state index contributed by atoms with van der Waals surface area (Å²) in [6.45, 7) is 1.81. The van der Waals surface area contributed by atoms with Gasteiger partial charge in [-0.05, 0) is 31.2 Å². The van der Waals surface area contributed by atoms with Gasteiger partial charge < -0.3 is 15.7 Å². The Morgan fingerprint density at radius 3 is 2.45 bits per heavy atom. The van der Waals surface area contributed by atoms with Crippen molar-refractivity contribution in [2.45, 2.75) is 30.3 Å². The number of benzene rings is 2. The molecule has 0 fully saturated rings. The summed E-state index contributed by atoms with van der Waals surface area (Å²) in [7, 11) is -4.10. The highest BCUT2D eigenvalue weighted by molar-refractivity contribution is 7.90. The quantitative estimate of drug-likeness (QED) is 0.558. The summed E-state index contributed by atoms with van der Waals surface area (Å²) in [5.41, 5.74) is 1.65. The monoisotopic (exact) mass is 457 g/mol. The molecular weight excluding hydrogens is 441 g/mol. The molecule has 0 unspecified atom stereocenters. The van der Waals surface area contributed by atoms with Crippen molar-refractivity contribution in [2.75, 3.05) is 5.32 Å². The number of amides is 2. The predicted molar refractivity (Wildman–Crippen MR) is 109 cm³/mol. The van der Waals surface area contributed by atoms with E-state index in [1.807, 2.05) is 4.72 Å². The molecular formula is C18H17Cl2N3O5S. The molecule has 0 radical (unpaired) electrons. The van der Waals surface area contributed by atoms with Crippen molar-refractivity contribution in [3.63, 3.8) is 0 Å². The zero-order valence-corrected chi connectivity index (χ0v) is 17.4. The van der Waals surface area contributed by atoms with E-state index in [1.54, 1.807) is 19.1 Å². The number of hydrogen-bond donors (Lipinski definition) is 4. The molecule has 0 spiro atoms. The van der Waals surface area contributed by atoms with Crippen molar-refractivity contribution in [3.8, 4) is 0 Å². The third-order valence-corrected chi connectivity index (χ3v) is 6.28. The fourth-order valence-electron chi connectivity index (χ4n) is 3.04. The molecule has 29 heavy (non-hydrogen) atoms. The van der Waals surface area contributed by atoms with Crippen molar-refractivity contribution < 1.29 is 23.1 Å². The number of anilines is 1. The highest BCUT2D eigenvalue weighted by Crippen LogP contribution is 2.39. The largest absolute Gasteiger partial charge is 0.480 e. The first kappa shape index (κ1) is 21.2. The molecule has 0 aliphatic carbocycles. The first-order valence-corrected chi connectivity index (χ1v) is 10.7. The van der Waals surface area contributed by atoms with Crippen molar-refractivity contribution in [1.82, 2.24) is 10.0 Å². The number of sulfonamides is 1. The number of carbonyl (C=O) groups is 2. The Balaban J connectivity index is 1.84. The number of carboxylic acids is 1. The van der Waals surface area contributed by atoms with Gasteiger partial charge in [0, 0.05) is 27.7 Å². The van der Waals surface area contributed by atoms with Crippen LogP contribution >= 0.6 is 23.2 Å². The maximum atomic E-state index is 12.4. The van der Waals surface area contributed by atoms with E-state index in [0.717, 1.165) is 5.56 Å². The molecule has 3 rings (SSSR count). The molecule has 0 aromatic heterocycles. The molecule has 0 saturated carbocycles. The van der Waals surface area contributed by atoms with Crippen LogP contribution in [-0.2, 0) is 14.8 Å². The number of carbonyl (C=O) groups excluding carboxylic acids is 1. The van der Waals surface area contributed by atoms with Crippen LogP contribution in [0.15, 0.2) is 41.3 Å². The van der Waals surface area contributed by atoms with Crippen LogP contribution in [-0.4, -0.2) is 31.6 Å². The summed E-state index contributed by atoms with van der Waals surface area (Å²) in [5.74, 6) is -1.13. The normalized spacial score (nSPS) is 18.3. The minimum atomic E-state index is -4.10. The molecule has 154 valence electrons. The van der Waals surface area contributed by atoms with Crippen molar-refractivity contribution in [2.24, 2.45) is 0 Å². The highest BCUT2D eigenvalue weighted by atomic mass is 35.5. The molecule has 4 N–H and O–H groups in total. The van der Waals surface area contributed by atoms with E-state index in [1.165, 1.54) is 24.3 Å². The molecule has 1 aliphatic rings. The summed E-state index contributed by atoms with van der Waals surface area (Å²) in [6.07, 6.45) is -0.0400. The van der Waals surface area contributed by atoms with Gasteiger partial charge in [-0.2, -0.15) is 0 Å². The Kier molecular flexibility index (Phi) is 5.92. The molecule has 2 aromatic carbocycles. The summed E-state index contributed by atoms with van der Waals surface area (Å²) in [6, 6.07) is 6.06. The number of aliphatic carboxylic acids is 1. The van der Waals surface area contributed by atoms with Crippen LogP contribution in [0.5, 0.6) is 0 Å². The van der Waals surface area contributed by atoms with Crippen LogP contribution < -0.4 is 15.4 Å². The molecule has 0 saturated heterocycles. The number of aryl methyl sites for hydroxylation is 1. The Morgan fingerprint density at radius 2 is 1.83 bits per heavy atom. The average Bonchev–Trinajstić information content (AvgIpc) is 2.60. The SMILES string of the molecule is Cc1ccc(S(=O)(=O)NC(=O)N[C@H]2C[C@H](C(=O)O)Nc3cc(Cl)cc(Cl)c32)cc1. The second-order valence-corrected chi connectivity index (χ2v) is 9.09. The van der Waals surface area contributed by atoms with Gasteiger partial charge in [0.25, 0.3) is 10.0 Å². The number of nitrogens with one attached hydrogen (secondary N) is 3. The Labute approximate surface area is 177 Å². The Morgan fingerprint density at radius 1 is 1.17 bits per heavy atom. The standard InChI is InChI=1S/C18H17Cl2N3O5S/c1-9-2-4-11(5-3-9)29(27,28)23-18(26)22-14-8-15(17(24)25)21-13-7-10(19)6-12(20)16(13)14/h2-7,14-15,21H,8H2,1H3,(H,24,25)(H2,22,23,26)/t14-,15+/m0/s1. The average molecular weight is 458 g/mol. The molecule has 2 amide bonds. The van der Waals surface area contributed by atoms with Gasteiger partial charge >= 0.3 is 12.0 Å². The summed E-state index contributed by atoms with van der Waals surface area (Å²) >= 11 is 12.2. The van der Waals surface area contributed by atoms with E-state index in [4.69, 9.17) is 23.2 Å². The highest BCUT2D eigenvalue weighted by Gasteiger charge is 2.34. The molecule has 11 heteroatoms. The smallest absolute Gasteiger partial charge is 0.329 e. The topological polar surface area (TPSA) is 125 Å². The number of carboxylic acid groups (broad SMARTS) is 1. The maximum Gasteiger partial charge on any atom is 0.329 e. The molecule has 2 atom stereocenters. The van der Waals surface area contributed by atoms with Gasteiger partial charge in [-0.25, -0.2) is 22.7 Å². The fraction of sp³-hybridized carbons (Fsp3) is 0.222. The lowest BCUT2D eigenvalue weighted by molar-refractivity contribution is -0.138. The number of rotatable bonds is 4. The maximum absolute atomic E-state index is 12.4. The number of fused-ring (bicyclic) bond motifs is 1. The zero-order valence-electron chi connectivity index (χ0n) is 15.1. The predicted octanol–water partition coefficient (Wildman–Crippen LogP) is 3.30. The zero-order chi connectivity index (χ0) is 21.3. The Bertz CT molecular complexity index is 1070. The van der Waals surface area contributed by atoms with Gasteiger partial charge in [-0.15, -0.1) is 0 Å². The van der Waals surface area contributed by atoms with Crippen LogP contribution in [0.3, 0.4) is 0 Å². The van der Waals surface area contributed by atoms with Gasteiger partial charge in [-0.1, -0.05) is 40.9 Å². The number of urea groups is 1. The first-order valence-electron chi connectivity index (χ1n) is 8.45. The van der Waals surface area contributed by atoms with Gasteiger partial charge in [0.15, 0.2) is 0 Å². The molecule has 0 bridgehead atoms. The van der Waals surface area contributed by atoms with E-state index >= 15 is 0 Å². The summed E-state index contributed by atoms with van der Waals surface area (Å²) in [4.78, 5) is 23.8. The van der Waals surface area contributed by atoms with Crippen molar-refractivity contribution in [3.05, 3.63) is 57.6 Å². The van der Waals surface area contributed by atoms with Crippen LogP contribution in [0.25, 0.3) is 0 Å². The van der Waals surface area contributed by atoms with Gasteiger partial charge in [-0.3, -0.25) is 0 Å². The minimum absolute atomic E-state index is 0.0400. The molecule has 2 aromatic rings. The van der Waals surface area contributed by atoms with Gasteiger partial charge in [0.2, 0.25) is 0 Å². The van der Waals surface area contributed by atoms with Gasteiger partial charge in [0.1, 0.15) is 6.04 Å². The second kappa shape index (κ2) is 8.10. The number of hydrogen-bond acceptors (Lipinski definition) is 5. The molecule has 8 nitrogen and oxygen atoms in total. The van der Waals surface area contributed by atoms with Crippen LogP contribution in [0, 0.1) is 6.92 Å². The van der Waals surface area contributed by atoms with Crippen LogP contribution in [0.1, 0.15) is 23.6 Å². The van der Waals surface area contributed by atoms with Crippen molar-refractivity contribution in [1.29, 1.82) is 0 Å². The van der Waals surface area contributed by atoms with E-state index in [0.29, 0.717) is 11.3 Å². The van der Waals surface area contributed by atoms with Crippen LogP contribution in [0.4, 0.5) is 10.5 Å². The Hall–Kier alpha value is -2.49.